The summed E-state index contributed by atoms with van der Waals surface area (Å²) < 4.78 is 0. The second-order valence-electron chi connectivity index (χ2n) is 11.5. The van der Waals surface area contributed by atoms with Crippen LogP contribution in [0.2, 0.25) is 0 Å². The van der Waals surface area contributed by atoms with Gasteiger partial charge in [0.15, 0.2) is 11.6 Å². The van der Waals surface area contributed by atoms with Crippen LogP contribution in [0, 0.1) is 46.3 Å². The lowest BCUT2D eigenvalue weighted by atomic mass is 9.44. The molecule has 0 saturated heterocycles. The summed E-state index contributed by atoms with van der Waals surface area (Å²) in [5.41, 5.74) is 6.40. The van der Waals surface area contributed by atoms with E-state index < -0.39 is 0 Å². The molecule has 0 aliphatic heterocycles. The number of fused-ring (bicyclic) bond motifs is 5. The monoisotopic (exact) mass is 398 g/mol. The first-order valence-electron chi connectivity index (χ1n) is 12.0. The average molecular weight is 399 g/mol. The van der Waals surface area contributed by atoms with Gasteiger partial charge in [-0.3, -0.25) is 4.79 Å². The Bertz CT molecular complexity index is 790. The fourth-order valence-electron chi connectivity index (χ4n) is 8.64. The molecule has 0 amide bonds. The number of nitrogens with zero attached hydrogens (tertiary/aromatic N) is 3. The molecular weight excluding hydrogens is 360 g/mol. The lowest BCUT2D eigenvalue weighted by Crippen LogP contribution is -2.53. The highest BCUT2D eigenvalue weighted by Gasteiger charge is 2.60. The Kier molecular flexibility index (Phi) is 4.60. The third-order valence-electron chi connectivity index (χ3n) is 10.2. The van der Waals surface area contributed by atoms with Crippen LogP contribution in [-0.2, 0) is 11.3 Å². The molecule has 1 aromatic heterocycles. The summed E-state index contributed by atoms with van der Waals surface area (Å²) >= 11 is 0. The Morgan fingerprint density at radius 3 is 2.62 bits per heavy atom. The van der Waals surface area contributed by atoms with Crippen molar-refractivity contribution in [1.82, 2.24) is 15.0 Å². The molecule has 8 unspecified atom stereocenters. The van der Waals surface area contributed by atoms with Crippen molar-refractivity contribution in [3.05, 3.63) is 6.20 Å². The number of rotatable bonds is 3. The smallest absolute Gasteiger partial charge is 0.165 e. The van der Waals surface area contributed by atoms with Gasteiger partial charge in [0.1, 0.15) is 6.54 Å². The summed E-state index contributed by atoms with van der Waals surface area (Å²) in [5, 5.41) is 8.28. The van der Waals surface area contributed by atoms with E-state index in [0.29, 0.717) is 17.0 Å². The van der Waals surface area contributed by atoms with Gasteiger partial charge < -0.3 is 5.73 Å². The second kappa shape index (κ2) is 6.81. The maximum Gasteiger partial charge on any atom is 0.165 e. The van der Waals surface area contributed by atoms with Gasteiger partial charge in [-0.05, 0) is 91.8 Å². The minimum atomic E-state index is 0.164. The highest BCUT2D eigenvalue weighted by molar-refractivity contribution is 5.82. The van der Waals surface area contributed by atoms with Crippen LogP contribution in [0.1, 0.15) is 78.6 Å². The van der Waals surface area contributed by atoms with Gasteiger partial charge in [0.25, 0.3) is 0 Å². The van der Waals surface area contributed by atoms with Crippen molar-refractivity contribution in [2.45, 2.75) is 85.1 Å². The summed E-state index contributed by atoms with van der Waals surface area (Å²) in [6.07, 6.45) is 13.5. The van der Waals surface area contributed by atoms with Crippen molar-refractivity contribution in [3.63, 3.8) is 0 Å². The Morgan fingerprint density at radius 2 is 1.86 bits per heavy atom. The largest absolute Gasteiger partial charge is 0.381 e. The molecule has 1 heterocycles. The van der Waals surface area contributed by atoms with E-state index in [1.165, 1.54) is 62.4 Å². The molecule has 4 aliphatic carbocycles. The topological polar surface area (TPSA) is 73.8 Å². The zero-order chi connectivity index (χ0) is 20.4. The van der Waals surface area contributed by atoms with Crippen molar-refractivity contribution >= 4 is 11.6 Å². The van der Waals surface area contributed by atoms with Gasteiger partial charge in [-0.25, -0.2) is 0 Å². The Labute approximate surface area is 175 Å². The number of carbonyl (C=O) groups is 1. The van der Waals surface area contributed by atoms with E-state index in [1.54, 1.807) is 0 Å². The lowest BCUT2D eigenvalue weighted by molar-refractivity contribution is -0.137. The molecule has 4 aliphatic rings. The second-order valence-corrected chi connectivity index (χ2v) is 11.5. The molecule has 5 nitrogen and oxygen atoms in total. The van der Waals surface area contributed by atoms with Gasteiger partial charge in [-0.1, -0.05) is 27.2 Å². The van der Waals surface area contributed by atoms with Crippen LogP contribution in [0.4, 0.5) is 5.82 Å². The van der Waals surface area contributed by atoms with E-state index >= 15 is 0 Å². The Balaban J connectivity index is 1.35. The Hall–Kier alpha value is -1.39. The van der Waals surface area contributed by atoms with Crippen LogP contribution in [0.15, 0.2) is 6.20 Å². The first-order valence-corrected chi connectivity index (χ1v) is 12.0. The predicted octanol–water partition coefficient (Wildman–Crippen LogP) is 4.72. The minimum absolute atomic E-state index is 0.164. The van der Waals surface area contributed by atoms with Gasteiger partial charge >= 0.3 is 0 Å². The molecule has 0 radical (unpaired) electrons. The summed E-state index contributed by atoms with van der Waals surface area (Å²) in [6, 6.07) is 0. The van der Waals surface area contributed by atoms with Gasteiger partial charge in [0.05, 0.1) is 6.20 Å². The number of carbonyl (C=O) groups excluding carboxylic acids is 1. The molecule has 0 bridgehead atoms. The quantitative estimate of drug-likeness (QED) is 0.799. The van der Waals surface area contributed by atoms with Crippen molar-refractivity contribution in [2.75, 3.05) is 5.73 Å². The SMILES string of the molecule is CC1CCC2(C)C(CCC3C2CCC2(C)C(C(=O)Cn4ncc(N)n4)CCC32)C1. The third-order valence-corrected chi connectivity index (χ3v) is 10.2. The van der Waals surface area contributed by atoms with Gasteiger partial charge in [0, 0.05) is 5.92 Å². The maximum atomic E-state index is 13.2. The molecule has 5 heteroatoms. The van der Waals surface area contributed by atoms with Crippen molar-refractivity contribution < 1.29 is 4.79 Å². The maximum absolute atomic E-state index is 13.2. The van der Waals surface area contributed by atoms with E-state index in [1.807, 2.05) is 0 Å². The molecular formula is C24H38N4O. The molecule has 8 atom stereocenters. The number of anilines is 1. The Morgan fingerprint density at radius 1 is 1.10 bits per heavy atom. The van der Waals surface area contributed by atoms with Gasteiger partial charge in [-0.2, -0.15) is 9.90 Å². The van der Waals surface area contributed by atoms with Crippen LogP contribution in [0.5, 0.6) is 0 Å². The fraction of sp³-hybridized carbons (Fsp3) is 0.875. The van der Waals surface area contributed by atoms with E-state index in [2.05, 4.69) is 31.0 Å². The highest BCUT2D eigenvalue weighted by Crippen LogP contribution is 2.67. The fourth-order valence-corrected chi connectivity index (χ4v) is 8.64. The van der Waals surface area contributed by atoms with Gasteiger partial charge in [0.2, 0.25) is 0 Å². The van der Waals surface area contributed by atoms with Crippen molar-refractivity contribution in [3.8, 4) is 0 Å². The number of Topliss-reactive ketones (excluding diaryl/α,β-unsaturated/α-hetero) is 1. The third kappa shape index (κ3) is 2.97. The van der Waals surface area contributed by atoms with E-state index in [9.17, 15) is 4.79 Å². The number of nitrogen functional groups attached to an aromatic ring is 1. The molecule has 0 aromatic carbocycles. The number of ketones is 1. The highest BCUT2D eigenvalue weighted by atomic mass is 16.1. The van der Waals surface area contributed by atoms with Crippen LogP contribution in [0.25, 0.3) is 0 Å². The molecule has 0 spiro atoms. The van der Waals surface area contributed by atoms with Crippen LogP contribution >= 0.6 is 0 Å². The van der Waals surface area contributed by atoms with E-state index in [0.717, 1.165) is 36.0 Å². The lowest BCUT2D eigenvalue weighted by Gasteiger charge is -2.61. The van der Waals surface area contributed by atoms with Crippen molar-refractivity contribution in [1.29, 1.82) is 0 Å². The van der Waals surface area contributed by atoms with Gasteiger partial charge in [-0.15, -0.1) is 5.10 Å². The molecule has 5 rings (SSSR count). The normalized spacial score (nSPS) is 46.6. The molecule has 1 aromatic rings. The molecule has 4 fully saturated rings. The number of nitrogens with two attached hydrogens (primary N) is 1. The van der Waals surface area contributed by atoms with Crippen LogP contribution in [0.3, 0.4) is 0 Å². The van der Waals surface area contributed by atoms with Crippen LogP contribution < -0.4 is 5.73 Å². The standard InChI is InChI=1S/C24H38N4O/c1-15-8-10-23(2)16(12-15)4-5-17-18-6-7-20(24(18,3)11-9-19(17)23)21(29)14-28-26-13-22(25)27-28/h13,15-20H,4-12,14H2,1-3H3,(H2,25,27). The first-order chi connectivity index (χ1) is 13.8. The summed E-state index contributed by atoms with van der Waals surface area (Å²) in [4.78, 5) is 14.7. The molecule has 2 N–H and O–H groups in total. The summed E-state index contributed by atoms with van der Waals surface area (Å²) in [5.74, 6) is 5.16. The zero-order valence-electron chi connectivity index (χ0n) is 18.4. The minimum Gasteiger partial charge on any atom is -0.381 e. The van der Waals surface area contributed by atoms with E-state index in [4.69, 9.17) is 5.73 Å². The zero-order valence-corrected chi connectivity index (χ0v) is 18.4. The molecule has 160 valence electrons. The van der Waals surface area contributed by atoms with Crippen molar-refractivity contribution in [2.24, 2.45) is 46.3 Å². The van der Waals surface area contributed by atoms with E-state index in [-0.39, 0.29) is 17.9 Å². The number of hydrogen-bond donors (Lipinski definition) is 1. The predicted molar refractivity (Wildman–Crippen MR) is 114 cm³/mol. The number of hydrogen-bond acceptors (Lipinski definition) is 4. The van der Waals surface area contributed by atoms with Crippen LogP contribution in [-0.4, -0.2) is 20.8 Å². The molecule has 4 saturated carbocycles. The number of aromatic nitrogens is 3. The summed E-state index contributed by atoms with van der Waals surface area (Å²) in [6.45, 7) is 7.80. The first kappa shape index (κ1) is 19.6. The average Bonchev–Trinajstić information content (AvgIpc) is 3.24. The molecule has 29 heavy (non-hydrogen) atoms. The summed E-state index contributed by atoms with van der Waals surface area (Å²) in [7, 11) is 0.